The van der Waals surface area contributed by atoms with E-state index in [4.69, 9.17) is 10.2 Å². The molecule has 4 heteroatoms. The average molecular weight is 267 g/mol. The third-order valence-corrected chi connectivity index (χ3v) is 3.41. The predicted octanol–water partition coefficient (Wildman–Crippen LogP) is 3.79. The lowest BCUT2D eigenvalue weighted by Gasteiger charge is -2.21. The van der Waals surface area contributed by atoms with Gasteiger partial charge in [0.2, 0.25) is 0 Å². The third-order valence-electron chi connectivity index (χ3n) is 3.41. The molecule has 3 aromatic rings. The molecule has 0 saturated carbocycles. The number of nitrogens with two attached hydrogens (primary N) is 1. The number of nitrogen functional groups attached to an aromatic ring is 1. The number of hydrogen-bond acceptors (Lipinski definition) is 4. The van der Waals surface area contributed by atoms with Crippen molar-refractivity contribution in [1.82, 2.24) is 4.98 Å². The summed E-state index contributed by atoms with van der Waals surface area (Å²) in [5.41, 5.74) is 11.7. The molecule has 1 heterocycles. The van der Waals surface area contributed by atoms with Crippen LogP contribution in [0.3, 0.4) is 0 Å². The Balaban J connectivity index is 2.07. The second kappa shape index (κ2) is 4.56. The van der Waals surface area contributed by atoms with Crippen LogP contribution in [-0.2, 0) is 0 Å². The fourth-order valence-electron chi connectivity index (χ4n) is 2.32. The van der Waals surface area contributed by atoms with E-state index in [1.165, 1.54) is 5.56 Å². The summed E-state index contributed by atoms with van der Waals surface area (Å²) in [5, 5.41) is 0. The zero-order valence-electron chi connectivity index (χ0n) is 11.8. The number of nitrogens with zero attached hydrogens (tertiary/aromatic N) is 2. The highest BCUT2D eigenvalue weighted by Gasteiger charge is 2.10. The zero-order valence-corrected chi connectivity index (χ0v) is 11.8. The summed E-state index contributed by atoms with van der Waals surface area (Å²) in [5.74, 6) is 0.676. The quantitative estimate of drug-likeness (QED) is 0.718. The van der Waals surface area contributed by atoms with E-state index in [-0.39, 0.29) is 0 Å². The second-order valence-corrected chi connectivity index (χ2v) is 5.01. The van der Waals surface area contributed by atoms with Crippen LogP contribution in [0.5, 0.6) is 0 Å². The number of aromatic nitrogens is 1. The van der Waals surface area contributed by atoms with E-state index in [0.29, 0.717) is 5.89 Å². The molecule has 0 aliphatic carbocycles. The highest BCUT2D eigenvalue weighted by Crippen LogP contribution is 2.31. The SMILES string of the molecule is Cc1ccc(N)c(N(C)c2ccc3nc(C)oc3c2)c1. The number of hydrogen-bond donors (Lipinski definition) is 1. The van der Waals surface area contributed by atoms with Crippen molar-refractivity contribution in [2.24, 2.45) is 0 Å². The second-order valence-electron chi connectivity index (χ2n) is 5.01. The lowest BCUT2D eigenvalue weighted by molar-refractivity contribution is 0.561. The van der Waals surface area contributed by atoms with Gasteiger partial charge in [-0.2, -0.15) is 0 Å². The molecule has 1 aromatic heterocycles. The fourth-order valence-corrected chi connectivity index (χ4v) is 2.32. The molecule has 0 unspecified atom stereocenters. The van der Waals surface area contributed by atoms with Gasteiger partial charge in [0.1, 0.15) is 5.52 Å². The van der Waals surface area contributed by atoms with Crippen LogP contribution in [0, 0.1) is 13.8 Å². The molecule has 0 spiro atoms. The first kappa shape index (κ1) is 12.5. The summed E-state index contributed by atoms with van der Waals surface area (Å²) in [4.78, 5) is 6.36. The molecule has 0 aliphatic heterocycles. The molecule has 0 radical (unpaired) electrons. The number of aryl methyl sites for hydroxylation is 2. The van der Waals surface area contributed by atoms with Crippen molar-refractivity contribution < 1.29 is 4.42 Å². The van der Waals surface area contributed by atoms with Crippen LogP contribution >= 0.6 is 0 Å². The molecule has 0 saturated heterocycles. The lowest BCUT2D eigenvalue weighted by Crippen LogP contribution is -2.11. The normalized spacial score (nSPS) is 10.9. The minimum atomic E-state index is 0.676. The van der Waals surface area contributed by atoms with Gasteiger partial charge in [0.05, 0.1) is 11.4 Å². The molecule has 0 fully saturated rings. The minimum Gasteiger partial charge on any atom is -0.441 e. The summed E-state index contributed by atoms with van der Waals surface area (Å²) in [7, 11) is 2.00. The van der Waals surface area contributed by atoms with Crippen LogP contribution < -0.4 is 10.6 Å². The van der Waals surface area contributed by atoms with Gasteiger partial charge in [-0.25, -0.2) is 4.98 Å². The van der Waals surface area contributed by atoms with Crippen molar-refractivity contribution >= 4 is 28.2 Å². The van der Waals surface area contributed by atoms with Gasteiger partial charge in [0.25, 0.3) is 0 Å². The van der Waals surface area contributed by atoms with Crippen LogP contribution in [0.2, 0.25) is 0 Å². The van der Waals surface area contributed by atoms with E-state index in [9.17, 15) is 0 Å². The Bertz CT molecular complexity index is 776. The summed E-state index contributed by atoms with van der Waals surface area (Å²) in [6.07, 6.45) is 0. The van der Waals surface area contributed by atoms with Crippen LogP contribution in [0.1, 0.15) is 11.5 Å². The van der Waals surface area contributed by atoms with Crippen molar-refractivity contribution in [2.75, 3.05) is 17.7 Å². The molecule has 2 aromatic carbocycles. The molecular formula is C16H17N3O. The van der Waals surface area contributed by atoms with Crippen molar-refractivity contribution in [3.63, 3.8) is 0 Å². The Kier molecular flexibility index (Phi) is 2.86. The standard InChI is InChI=1S/C16H17N3O/c1-10-4-6-13(17)15(8-10)19(3)12-5-7-14-16(9-12)20-11(2)18-14/h4-9H,17H2,1-3H3. The smallest absolute Gasteiger partial charge is 0.192 e. The van der Waals surface area contributed by atoms with Crippen LogP contribution in [0.15, 0.2) is 40.8 Å². The molecular weight excluding hydrogens is 250 g/mol. The molecule has 4 nitrogen and oxygen atoms in total. The Hall–Kier alpha value is -2.49. The van der Waals surface area contributed by atoms with Crippen molar-refractivity contribution in [3.8, 4) is 0 Å². The molecule has 20 heavy (non-hydrogen) atoms. The lowest BCUT2D eigenvalue weighted by atomic mass is 10.1. The van der Waals surface area contributed by atoms with Gasteiger partial charge in [-0.05, 0) is 36.8 Å². The molecule has 0 atom stereocenters. The predicted molar refractivity (Wildman–Crippen MR) is 82.4 cm³/mol. The number of rotatable bonds is 2. The first-order valence-electron chi connectivity index (χ1n) is 6.51. The fraction of sp³-hybridized carbons (Fsp3) is 0.188. The molecule has 0 amide bonds. The van der Waals surface area contributed by atoms with E-state index in [0.717, 1.165) is 28.2 Å². The first-order valence-corrected chi connectivity index (χ1v) is 6.51. The van der Waals surface area contributed by atoms with Gasteiger partial charge in [-0.1, -0.05) is 6.07 Å². The summed E-state index contributed by atoms with van der Waals surface area (Å²) in [6.45, 7) is 3.90. The maximum Gasteiger partial charge on any atom is 0.192 e. The maximum atomic E-state index is 6.07. The summed E-state index contributed by atoms with van der Waals surface area (Å²) >= 11 is 0. The molecule has 3 rings (SSSR count). The zero-order chi connectivity index (χ0) is 14.3. The number of anilines is 3. The molecule has 102 valence electrons. The van der Waals surface area contributed by atoms with Crippen LogP contribution in [0.25, 0.3) is 11.1 Å². The number of oxazole rings is 1. The first-order chi connectivity index (χ1) is 9.54. The number of fused-ring (bicyclic) bond motifs is 1. The molecule has 0 aliphatic rings. The molecule has 2 N–H and O–H groups in total. The minimum absolute atomic E-state index is 0.676. The van der Waals surface area contributed by atoms with Crippen molar-refractivity contribution in [3.05, 3.63) is 47.9 Å². The Morgan fingerprint density at radius 3 is 2.70 bits per heavy atom. The van der Waals surface area contributed by atoms with E-state index in [1.54, 1.807) is 0 Å². The van der Waals surface area contributed by atoms with E-state index in [1.807, 2.05) is 44.3 Å². The van der Waals surface area contributed by atoms with E-state index in [2.05, 4.69) is 22.9 Å². The van der Waals surface area contributed by atoms with Gasteiger partial charge in [0, 0.05) is 25.7 Å². The summed E-state index contributed by atoms with van der Waals surface area (Å²) in [6, 6.07) is 12.0. The Morgan fingerprint density at radius 1 is 1.10 bits per heavy atom. The highest BCUT2D eigenvalue weighted by molar-refractivity contribution is 5.82. The molecule has 0 bridgehead atoms. The van der Waals surface area contributed by atoms with Gasteiger partial charge in [0.15, 0.2) is 11.5 Å². The highest BCUT2D eigenvalue weighted by atomic mass is 16.3. The van der Waals surface area contributed by atoms with Crippen molar-refractivity contribution in [2.45, 2.75) is 13.8 Å². The monoisotopic (exact) mass is 267 g/mol. The van der Waals surface area contributed by atoms with Gasteiger partial charge in [-0.15, -0.1) is 0 Å². The Morgan fingerprint density at radius 2 is 1.90 bits per heavy atom. The topological polar surface area (TPSA) is 55.3 Å². The average Bonchev–Trinajstić information content (AvgIpc) is 2.79. The third kappa shape index (κ3) is 2.09. The Labute approximate surface area is 117 Å². The van der Waals surface area contributed by atoms with Gasteiger partial charge in [-0.3, -0.25) is 0 Å². The maximum absolute atomic E-state index is 6.07. The van der Waals surface area contributed by atoms with E-state index < -0.39 is 0 Å². The van der Waals surface area contributed by atoms with Gasteiger partial charge >= 0.3 is 0 Å². The van der Waals surface area contributed by atoms with Crippen molar-refractivity contribution in [1.29, 1.82) is 0 Å². The number of benzene rings is 2. The summed E-state index contributed by atoms with van der Waals surface area (Å²) < 4.78 is 5.58. The van der Waals surface area contributed by atoms with Crippen LogP contribution in [-0.4, -0.2) is 12.0 Å². The van der Waals surface area contributed by atoms with Crippen LogP contribution in [0.4, 0.5) is 17.1 Å². The van der Waals surface area contributed by atoms with Gasteiger partial charge < -0.3 is 15.1 Å². The largest absolute Gasteiger partial charge is 0.441 e. The van der Waals surface area contributed by atoms with E-state index >= 15 is 0 Å².